The molecular weight excluding hydrogens is 385 g/mol. The summed E-state index contributed by atoms with van der Waals surface area (Å²) >= 11 is 0. The molecule has 0 aromatic heterocycles. The number of aryl methyl sites for hydroxylation is 2. The maximum atomic E-state index is 13.5. The SMILES string of the molecule is Cc1cc(NS(=O)(=O)c2cc3c(cc2N[C@@H](C)CO)NC(=O)CC3)ccc1F. The van der Waals surface area contributed by atoms with Gasteiger partial charge in [-0.1, -0.05) is 0 Å². The average Bonchev–Trinajstić information content (AvgIpc) is 2.63. The van der Waals surface area contributed by atoms with E-state index in [0.717, 1.165) is 0 Å². The van der Waals surface area contributed by atoms with Crippen molar-refractivity contribution in [2.45, 2.75) is 37.6 Å². The maximum absolute atomic E-state index is 13.5. The van der Waals surface area contributed by atoms with Gasteiger partial charge in [-0.3, -0.25) is 9.52 Å². The third kappa shape index (κ3) is 4.26. The molecule has 4 N–H and O–H groups in total. The third-order valence-electron chi connectivity index (χ3n) is 4.48. The molecule has 0 fully saturated rings. The highest BCUT2D eigenvalue weighted by atomic mass is 32.2. The van der Waals surface area contributed by atoms with E-state index in [2.05, 4.69) is 15.4 Å². The molecule has 1 atom stereocenters. The molecular formula is C19H22FN3O4S. The van der Waals surface area contributed by atoms with Crippen LogP contribution in [-0.2, 0) is 21.2 Å². The number of aliphatic hydroxyl groups is 1. The van der Waals surface area contributed by atoms with Crippen LogP contribution in [0, 0.1) is 12.7 Å². The fourth-order valence-electron chi connectivity index (χ4n) is 2.97. The highest BCUT2D eigenvalue weighted by molar-refractivity contribution is 7.92. The molecule has 2 aromatic carbocycles. The summed E-state index contributed by atoms with van der Waals surface area (Å²) in [5, 5.41) is 15.0. The van der Waals surface area contributed by atoms with Gasteiger partial charge >= 0.3 is 0 Å². The zero-order valence-electron chi connectivity index (χ0n) is 15.5. The van der Waals surface area contributed by atoms with Crippen LogP contribution < -0.4 is 15.4 Å². The molecule has 1 aliphatic heterocycles. The van der Waals surface area contributed by atoms with E-state index in [1.54, 1.807) is 19.9 Å². The van der Waals surface area contributed by atoms with Crippen LogP contribution in [0.1, 0.15) is 24.5 Å². The summed E-state index contributed by atoms with van der Waals surface area (Å²) in [4.78, 5) is 11.7. The molecule has 1 aliphatic rings. The number of halogens is 1. The molecule has 0 aliphatic carbocycles. The van der Waals surface area contributed by atoms with E-state index < -0.39 is 21.9 Å². The van der Waals surface area contributed by atoms with E-state index in [1.807, 2.05) is 0 Å². The number of carbonyl (C=O) groups excluding carboxylic acids is 1. The van der Waals surface area contributed by atoms with Gasteiger partial charge in [0.15, 0.2) is 0 Å². The van der Waals surface area contributed by atoms with Crippen molar-refractivity contribution in [3.63, 3.8) is 0 Å². The van der Waals surface area contributed by atoms with E-state index in [4.69, 9.17) is 0 Å². The highest BCUT2D eigenvalue weighted by Gasteiger charge is 2.25. The minimum Gasteiger partial charge on any atom is -0.394 e. The molecule has 2 aromatic rings. The van der Waals surface area contributed by atoms with Crippen molar-refractivity contribution in [2.75, 3.05) is 22.0 Å². The van der Waals surface area contributed by atoms with Crippen molar-refractivity contribution in [2.24, 2.45) is 0 Å². The Balaban J connectivity index is 2.04. The molecule has 1 heterocycles. The quantitative estimate of drug-likeness (QED) is 0.589. The number of benzene rings is 2. The standard InChI is InChI=1S/C19H22FN3O4S/c1-11-7-14(4-5-15(11)20)23-28(26,27)18-8-13-3-6-19(25)22-16(13)9-17(18)21-12(2)10-24/h4-5,7-9,12,21,23-24H,3,6,10H2,1-2H3,(H,22,25)/t12-/m0/s1. The van der Waals surface area contributed by atoms with E-state index in [9.17, 15) is 22.7 Å². The first-order valence-corrected chi connectivity index (χ1v) is 10.3. The van der Waals surface area contributed by atoms with Crippen molar-refractivity contribution in [3.8, 4) is 0 Å². The van der Waals surface area contributed by atoms with Crippen molar-refractivity contribution in [1.29, 1.82) is 0 Å². The van der Waals surface area contributed by atoms with Gasteiger partial charge in [0.05, 0.1) is 12.3 Å². The van der Waals surface area contributed by atoms with Gasteiger partial charge in [-0.05, 0) is 61.7 Å². The Morgan fingerprint density at radius 2 is 2.00 bits per heavy atom. The Bertz CT molecular complexity index is 1020. The van der Waals surface area contributed by atoms with Crippen molar-refractivity contribution >= 4 is 33.0 Å². The number of amides is 1. The van der Waals surface area contributed by atoms with E-state index in [0.29, 0.717) is 23.2 Å². The molecule has 150 valence electrons. The first kappa shape index (κ1) is 20.1. The lowest BCUT2D eigenvalue weighted by Gasteiger charge is -2.23. The number of rotatable bonds is 6. The minimum absolute atomic E-state index is 0.00956. The summed E-state index contributed by atoms with van der Waals surface area (Å²) in [6, 6.07) is 6.63. The molecule has 28 heavy (non-hydrogen) atoms. The lowest BCUT2D eigenvalue weighted by molar-refractivity contribution is -0.116. The second-order valence-corrected chi connectivity index (χ2v) is 8.50. The number of nitrogens with one attached hydrogen (secondary N) is 3. The van der Waals surface area contributed by atoms with Gasteiger partial charge in [0.25, 0.3) is 10.0 Å². The number of fused-ring (bicyclic) bond motifs is 1. The Kier molecular flexibility index (Phi) is 5.57. The Morgan fingerprint density at radius 3 is 2.68 bits per heavy atom. The second kappa shape index (κ2) is 7.76. The zero-order chi connectivity index (χ0) is 20.5. The largest absolute Gasteiger partial charge is 0.394 e. The first-order chi connectivity index (χ1) is 13.2. The number of hydrogen-bond acceptors (Lipinski definition) is 5. The molecule has 9 heteroatoms. The summed E-state index contributed by atoms with van der Waals surface area (Å²) in [7, 11) is -4.00. The Morgan fingerprint density at radius 1 is 1.25 bits per heavy atom. The Labute approximate surface area is 163 Å². The van der Waals surface area contributed by atoms with E-state index in [1.165, 1.54) is 24.3 Å². The zero-order valence-corrected chi connectivity index (χ0v) is 16.4. The number of carbonyl (C=O) groups is 1. The van der Waals surface area contributed by atoms with Crippen LogP contribution >= 0.6 is 0 Å². The van der Waals surface area contributed by atoms with E-state index >= 15 is 0 Å². The van der Waals surface area contributed by atoms with Crippen LogP contribution in [0.5, 0.6) is 0 Å². The Hall–Kier alpha value is -2.65. The van der Waals surface area contributed by atoms with Gasteiger partial charge in [-0.2, -0.15) is 0 Å². The molecule has 0 bridgehead atoms. The van der Waals surface area contributed by atoms with Gasteiger partial charge in [-0.25, -0.2) is 12.8 Å². The van der Waals surface area contributed by atoms with Crippen LogP contribution in [-0.4, -0.2) is 32.1 Å². The number of aliphatic hydroxyl groups excluding tert-OH is 1. The first-order valence-electron chi connectivity index (χ1n) is 8.83. The van der Waals surface area contributed by atoms with Gasteiger partial charge < -0.3 is 15.7 Å². The number of sulfonamides is 1. The van der Waals surface area contributed by atoms with Crippen LogP contribution in [0.2, 0.25) is 0 Å². The molecule has 1 amide bonds. The summed E-state index contributed by atoms with van der Waals surface area (Å²) in [5.41, 5.74) is 2.07. The fourth-order valence-corrected chi connectivity index (χ4v) is 4.22. The average molecular weight is 407 g/mol. The van der Waals surface area contributed by atoms with E-state index in [-0.39, 0.29) is 35.2 Å². The summed E-state index contributed by atoms with van der Waals surface area (Å²) in [5.74, 6) is -0.559. The second-order valence-electron chi connectivity index (χ2n) is 6.85. The predicted octanol–water partition coefficient (Wildman–Crippen LogP) is 2.61. The lowest BCUT2D eigenvalue weighted by Crippen LogP contribution is -2.25. The predicted molar refractivity (Wildman–Crippen MR) is 106 cm³/mol. The van der Waals surface area contributed by atoms with Crippen molar-refractivity contribution in [3.05, 3.63) is 47.3 Å². The van der Waals surface area contributed by atoms with Crippen LogP contribution in [0.3, 0.4) is 0 Å². The summed E-state index contributed by atoms with van der Waals surface area (Å²) in [6.07, 6.45) is 0.700. The molecule has 7 nitrogen and oxygen atoms in total. The summed E-state index contributed by atoms with van der Waals surface area (Å²) in [6.45, 7) is 3.04. The molecule has 0 saturated heterocycles. The van der Waals surface area contributed by atoms with Crippen LogP contribution in [0.25, 0.3) is 0 Å². The van der Waals surface area contributed by atoms with Gasteiger partial charge in [0, 0.05) is 23.8 Å². The number of hydrogen-bond donors (Lipinski definition) is 4. The molecule has 0 radical (unpaired) electrons. The topological polar surface area (TPSA) is 108 Å². The third-order valence-corrected chi connectivity index (χ3v) is 5.90. The summed E-state index contributed by atoms with van der Waals surface area (Å²) < 4.78 is 42.0. The highest BCUT2D eigenvalue weighted by Crippen LogP contribution is 2.33. The van der Waals surface area contributed by atoms with Crippen LogP contribution in [0.4, 0.5) is 21.5 Å². The normalized spacial score (nSPS) is 14.8. The molecule has 0 unspecified atom stereocenters. The molecule has 0 saturated carbocycles. The monoisotopic (exact) mass is 407 g/mol. The fraction of sp³-hybridized carbons (Fsp3) is 0.316. The van der Waals surface area contributed by atoms with Gasteiger partial charge in [0.2, 0.25) is 5.91 Å². The van der Waals surface area contributed by atoms with Crippen LogP contribution in [0.15, 0.2) is 35.2 Å². The van der Waals surface area contributed by atoms with Crippen molar-refractivity contribution < 1.29 is 22.7 Å². The van der Waals surface area contributed by atoms with Gasteiger partial charge in [-0.15, -0.1) is 0 Å². The molecule has 0 spiro atoms. The smallest absolute Gasteiger partial charge is 0.263 e. The van der Waals surface area contributed by atoms with Crippen molar-refractivity contribution in [1.82, 2.24) is 0 Å². The van der Waals surface area contributed by atoms with Gasteiger partial charge in [0.1, 0.15) is 10.7 Å². The minimum atomic E-state index is -4.00. The maximum Gasteiger partial charge on any atom is 0.263 e. The molecule has 3 rings (SSSR count). The lowest BCUT2D eigenvalue weighted by atomic mass is 10.0. The number of anilines is 3.